The number of fused-ring (bicyclic) bond motifs is 2. The van der Waals surface area contributed by atoms with E-state index < -0.39 is 11.7 Å². The second-order valence-electron chi connectivity index (χ2n) is 8.95. The quantitative estimate of drug-likeness (QED) is 0.448. The fraction of sp³-hybridized carbons (Fsp3) is 0.375. The lowest BCUT2D eigenvalue weighted by atomic mass is 10.0. The second kappa shape index (κ2) is 9.73. The van der Waals surface area contributed by atoms with Gasteiger partial charge in [-0.1, -0.05) is 11.6 Å². The number of anilines is 2. The van der Waals surface area contributed by atoms with Gasteiger partial charge in [0.15, 0.2) is 0 Å². The van der Waals surface area contributed by atoms with Gasteiger partial charge in [-0.3, -0.25) is 4.79 Å². The van der Waals surface area contributed by atoms with Crippen LogP contribution < -0.4 is 10.6 Å². The van der Waals surface area contributed by atoms with Gasteiger partial charge in [0.1, 0.15) is 10.4 Å². The predicted molar refractivity (Wildman–Crippen MR) is 137 cm³/mol. The molecule has 0 unspecified atom stereocenters. The van der Waals surface area contributed by atoms with Crippen molar-refractivity contribution in [1.29, 1.82) is 0 Å². The highest BCUT2D eigenvalue weighted by Crippen LogP contribution is 2.44. The Bertz CT molecular complexity index is 1380. The van der Waals surface area contributed by atoms with Crippen LogP contribution in [0.4, 0.5) is 24.8 Å². The van der Waals surface area contributed by atoms with Gasteiger partial charge in [-0.25, -0.2) is 9.97 Å². The number of ether oxygens (including phenoxy) is 1. The first-order valence-electron chi connectivity index (χ1n) is 11.7. The normalized spacial score (nSPS) is 18.2. The van der Waals surface area contributed by atoms with E-state index in [2.05, 4.69) is 20.6 Å². The number of hydrogen-bond donors (Lipinski definition) is 2. The lowest BCUT2D eigenvalue weighted by molar-refractivity contribution is -0.137. The standard InChI is InChI=1S/C24H21ClF3N5O2S2/c25-16-5-13-8-29-2-1-12(13)6-17(16)31-23-30-9-15(24(26,27)28)20(32-23)18-7-19-21(37-18)22(34)33(3-4-36-19)14-10-35-11-14/h5-7,9,14,29H,1-4,8,10-11H2,(H,30,31,32). The third kappa shape index (κ3) is 4.81. The average molecular weight is 568 g/mol. The minimum atomic E-state index is -4.67. The first-order valence-corrected chi connectivity index (χ1v) is 13.8. The summed E-state index contributed by atoms with van der Waals surface area (Å²) in [6.45, 7) is 3.07. The van der Waals surface area contributed by atoms with Crippen LogP contribution in [0.2, 0.25) is 5.02 Å². The molecule has 2 N–H and O–H groups in total. The lowest BCUT2D eigenvalue weighted by Crippen LogP contribution is -2.52. The van der Waals surface area contributed by atoms with Crippen LogP contribution in [0.15, 0.2) is 29.3 Å². The van der Waals surface area contributed by atoms with Crippen molar-refractivity contribution in [3.8, 4) is 10.6 Å². The number of halogens is 4. The zero-order valence-corrected chi connectivity index (χ0v) is 21.7. The smallest absolute Gasteiger partial charge is 0.377 e. The van der Waals surface area contributed by atoms with E-state index in [9.17, 15) is 18.0 Å². The van der Waals surface area contributed by atoms with Crippen molar-refractivity contribution >= 4 is 52.2 Å². The van der Waals surface area contributed by atoms with Crippen LogP contribution in [0, 0.1) is 0 Å². The van der Waals surface area contributed by atoms with Crippen molar-refractivity contribution in [2.24, 2.45) is 0 Å². The van der Waals surface area contributed by atoms with Crippen LogP contribution in [0.1, 0.15) is 26.4 Å². The Balaban J connectivity index is 1.37. The molecular formula is C24H21ClF3N5O2S2. The number of carbonyl (C=O) groups is 1. The molecule has 1 amide bonds. The number of rotatable bonds is 4. The van der Waals surface area contributed by atoms with Gasteiger partial charge in [0.2, 0.25) is 5.95 Å². The third-order valence-corrected chi connectivity index (χ3v) is 9.15. The lowest BCUT2D eigenvalue weighted by Gasteiger charge is -2.36. The SMILES string of the molecule is O=C1c2sc(-c3nc(Nc4cc5c(cc4Cl)CNCC5)ncc3C(F)(F)F)cc2SCCN1C1COC1. The molecule has 3 aliphatic rings. The summed E-state index contributed by atoms with van der Waals surface area (Å²) in [5.74, 6) is 0.468. The van der Waals surface area contributed by atoms with E-state index >= 15 is 0 Å². The molecular weight excluding hydrogens is 547 g/mol. The van der Waals surface area contributed by atoms with Crippen molar-refractivity contribution in [3.05, 3.63) is 51.0 Å². The summed E-state index contributed by atoms with van der Waals surface area (Å²) in [4.78, 5) is 24.6. The number of thiophene rings is 1. The molecule has 1 saturated heterocycles. The maximum absolute atomic E-state index is 14.0. The zero-order chi connectivity index (χ0) is 25.7. The molecule has 0 aliphatic carbocycles. The molecule has 0 radical (unpaired) electrons. The zero-order valence-electron chi connectivity index (χ0n) is 19.3. The van der Waals surface area contributed by atoms with Crippen LogP contribution in [0.5, 0.6) is 0 Å². The van der Waals surface area contributed by atoms with E-state index in [1.54, 1.807) is 11.0 Å². The largest absolute Gasteiger partial charge is 0.420 e. The molecule has 0 spiro atoms. The molecule has 3 aromatic rings. The second-order valence-corrected chi connectivity index (χ2v) is 11.5. The molecule has 0 bridgehead atoms. The Morgan fingerprint density at radius 1 is 1.22 bits per heavy atom. The molecule has 0 saturated carbocycles. The van der Waals surface area contributed by atoms with Gasteiger partial charge < -0.3 is 20.3 Å². The highest BCUT2D eigenvalue weighted by molar-refractivity contribution is 7.99. The number of nitrogens with one attached hydrogen (secondary N) is 2. The molecule has 2 aromatic heterocycles. The van der Waals surface area contributed by atoms with Crippen molar-refractivity contribution in [2.45, 2.75) is 30.1 Å². The molecule has 1 aromatic carbocycles. The summed E-state index contributed by atoms with van der Waals surface area (Å²) in [7, 11) is 0. The van der Waals surface area contributed by atoms with Gasteiger partial charge in [-0.15, -0.1) is 23.1 Å². The minimum Gasteiger partial charge on any atom is -0.377 e. The van der Waals surface area contributed by atoms with Crippen LogP contribution in [-0.2, 0) is 23.9 Å². The fourth-order valence-corrected chi connectivity index (χ4v) is 7.09. The van der Waals surface area contributed by atoms with E-state index in [1.165, 1.54) is 11.8 Å². The number of carbonyl (C=O) groups excluding carboxylic acids is 1. The number of aromatic nitrogens is 2. The first kappa shape index (κ1) is 24.9. The summed E-state index contributed by atoms with van der Waals surface area (Å²) in [6.07, 6.45) is -3.08. The number of thioether (sulfide) groups is 1. The minimum absolute atomic E-state index is 0.00216. The van der Waals surface area contributed by atoms with E-state index in [-0.39, 0.29) is 28.5 Å². The molecule has 6 rings (SSSR count). The highest BCUT2D eigenvalue weighted by Gasteiger charge is 2.38. The van der Waals surface area contributed by atoms with Gasteiger partial charge >= 0.3 is 6.18 Å². The molecule has 37 heavy (non-hydrogen) atoms. The number of benzene rings is 1. The number of hydrogen-bond acceptors (Lipinski definition) is 8. The van der Waals surface area contributed by atoms with E-state index in [0.717, 1.165) is 41.6 Å². The summed E-state index contributed by atoms with van der Waals surface area (Å²) >= 11 is 8.94. The van der Waals surface area contributed by atoms with Crippen molar-refractivity contribution in [3.63, 3.8) is 0 Å². The Morgan fingerprint density at radius 3 is 2.81 bits per heavy atom. The number of amides is 1. The van der Waals surface area contributed by atoms with E-state index in [1.807, 2.05) is 12.1 Å². The Morgan fingerprint density at radius 2 is 2.05 bits per heavy atom. The summed E-state index contributed by atoms with van der Waals surface area (Å²) in [5, 5.41) is 6.71. The van der Waals surface area contributed by atoms with E-state index in [0.29, 0.717) is 52.5 Å². The Kier molecular flexibility index (Phi) is 6.56. The molecule has 194 valence electrons. The molecule has 3 aliphatic heterocycles. The highest BCUT2D eigenvalue weighted by atomic mass is 35.5. The molecule has 13 heteroatoms. The van der Waals surface area contributed by atoms with Crippen LogP contribution >= 0.6 is 34.7 Å². The molecule has 7 nitrogen and oxygen atoms in total. The van der Waals surface area contributed by atoms with Gasteiger partial charge in [0, 0.05) is 29.9 Å². The molecule has 5 heterocycles. The summed E-state index contributed by atoms with van der Waals surface area (Å²) in [6, 6.07) is 5.36. The fourth-order valence-electron chi connectivity index (χ4n) is 4.54. The topological polar surface area (TPSA) is 79.4 Å². The van der Waals surface area contributed by atoms with Crippen molar-refractivity contribution in [2.75, 3.05) is 37.4 Å². The molecule has 1 fully saturated rings. The molecule has 0 atom stereocenters. The Labute approximate surface area is 223 Å². The van der Waals surface area contributed by atoms with Crippen LogP contribution in [0.25, 0.3) is 10.6 Å². The van der Waals surface area contributed by atoms with Crippen molar-refractivity contribution < 1.29 is 22.7 Å². The maximum Gasteiger partial charge on any atom is 0.420 e. The number of nitrogens with zero attached hydrogens (tertiary/aromatic N) is 3. The third-order valence-electron chi connectivity index (χ3n) is 6.55. The Hall–Kier alpha value is -2.38. The summed E-state index contributed by atoms with van der Waals surface area (Å²) in [5.41, 5.74) is 1.49. The summed E-state index contributed by atoms with van der Waals surface area (Å²) < 4.78 is 47.2. The van der Waals surface area contributed by atoms with Gasteiger partial charge in [-0.2, -0.15) is 13.2 Å². The first-order chi connectivity index (χ1) is 17.8. The van der Waals surface area contributed by atoms with Crippen LogP contribution in [0.3, 0.4) is 0 Å². The van der Waals surface area contributed by atoms with Gasteiger partial charge in [-0.05, 0) is 42.3 Å². The average Bonchev–Trinajstić information content (AvgIpc) is 3.19. The van der Waals surface area contributed by atoms with Gasteiger partial charge in [0.25, 0.3) is 5.91 Å². The number of alkyl halides is 3. The van der Waals surface area contributed by atoms with Crippen molar-refractivity contribution in [1.82, 2.24) is 20.2 Å². The van der Waals surface area contributed by atoms with Gasteiger partial charge in [0.05, 0.1) is 40.5 Å². The predicted octanol–water partition coefficient (Wildman–Crippen LogP) is 5.21. The monoisotopic (exact) mass is 567 g/mol. The maximum atomic E-state index is 14.0. The van der Waals surface area contributed by atoms with E-state index in [4.69, 9.17) is 16.3 Å². The van der Waals surface area contributed by atoms with Crippen LogP contribution in [-0.4, -0.2) is 58.9 Å².